The zero-order chi connectivity index (χ0) is 10.6. The number of β-amino-alcohol motifs (C(OH)–C–C–N with tert-alkyl or cyclic N) is 1. The number of carbonyl (C=O) groups excluding carboxylic acids is 1. The summed E-state index contributed by atoms with van der Waals surface area (Å²) in [6, 6.07) is 0. The molecular weight excluding hydrogens is 188 g/mol. The van der Waals surface area contributed by atoms with E-state index in [0.29, 0.717) is 6.54 Å². The van der Waals surface area contributed by atoms with Gasteiger partial charge >= 0.3 is 0 Å². The Morgan fingerprint density at radius 3 is 3.00 bits per heavy atom. The van der Waals surface area contributed by atoms with Crippen LogP contribution in [0.25, 0.3) is 10.4 Å². The summed E-state index contributed by atoms with van der Waals surface area (Å²) in [6.45, 7) is 0.370. The molecule has 7 nitrogen and oxygen atoms in total. The van der Waals surface area contributed by atoms with Crippen molar-refractivity contribution in [2.75, 3.05) is 26.7 Å². The molecule has 1 aliphatic rings. The molecule has 78 valence electrons. The Kier molecular flexibility index (Phi) is 3.70. The molecule has 7 heteroatoms. The molecule has 14 heavy (non-hydrogen) atoms. The van der Waals surface area contributed by atoms with E-state index >= 15 is 0 Å². The minimum absolute atomic E-state index is 0.209. The predicted octanol–water partition coefficient (Wildman–Crippen LogP) is -0.485. The largest absolute Gasteiger partial charge is 0.388 e. The van der Waals surface area contributed by atoms with Crippen molar-refractivity contribution in [1.29, 1.82) is 0 Å². The van der Waals surface area contributed by atoms with Gasteiger partial charge in [0.15, 0.2) is 0 Å². The number of aliphatic hydroxyl groups is 1. The molecule has 0 aliphatic carbocycles. The average Bonchev–Trinajstić information content (AvgIpc) is 2.56. The minimum atomic E-state index is -0.657. The van der Waals surface area contributed by atoms with Gasteiger partial charge < -0.3 is 14.7 Å². The molecule has 0 aromatic rings. The SMILES string of the molecule is CO[C@@H]1CN(C(=O)CN=[N+]=[N-])C[C@H]1O. The van der Waals surface area contributed by atoms with E-state index in [-0.39, 0.29) is 25.1 Å². The average molecular weight is 200 g/mol. The zero-order valence-corrected chi connectivity index (χ0v) is 7.83. The monoisotopic (exact) mass is 200 g/mol. The first-order valence-electron chi connectivity index (χ1n) is 4.18. The standard InChI is InChI=1S/C7H12N4O3/c1-14-6-4-11(3-5(6)12)7(13)2-9-10-8/h5-6,12H,2-4H2,1H3/t5-,6-/m1/s1. The van der Waals surface area contributed by atoms with Crippen LogP contribution in [0.1, 0.15) is 0 Å². The number of hydrogen-bond donors (Lipinski definition) is 1. The lowest BCUT2D eigenvalue weighted by molar-refractivity contribution is -0.129. The van der Waals surface area contributed by atoms with E-state index in [9.17, 15) is 9.90 Å². The highest BCUT2D eigenvalue weighted by molar-refractivity contribution is 5.78. The van der Waals surface area contributed by atoms with Crippen LogP contribution in [0, 0.1) is 0 Å². The number of nitrogens with zero attached hydrogens (tertiary/aromatic N) is 4. The van der Waals surface area contributed by atoms with Crippen LogP contribution in [-0.2, 0) is 9.53 Å². The molecule has 1 rings (SSSR count). The highest BCUT2D eigenvalue weighted by Gasteiger charge is 2.33. The Morgan fingerprint density at radius 1 is 1.79 bits per heavy atom. The van der Waals surface area contributed by atoms with Crippen LogP contribution in [0.4, 0.5) is 0 Å². The normalized spacial score (nSPS) is 26.0. The lowest BCUT2D eigenvalue weighted by atomic mass is 10.3. The second-order valence-corrected chi connectivity index (χ2v) is 3.03. The Hall–Kier alpha value is -1.30. The van der Waals surface area contributed by atoms with Gasteiger partial charge in [0, 0.05) is 25.1 Å². The van der Waals surface area contributed by atoms with Crippen molar-refractivity contribution in [1.82, 2.24) is 4.90 Å². The Balaban J connectivity index is 2.48. The number of methoxy groups -OCH3 is 1. The van der Waals surface area contributed by atoms with Crippen LogP contribution >= 0.6 is 0 Å². The second-order valence-electron chi connectivity index (χ2n) is 3.03. The quantitative estimate of drug-likeness (QED) is 0.378. The van der Waals surface area contributed by atoms with Crippen molar-refractivity contribution in [3.05, 3.63) is 10.4 Å². The summed E-state index contributed by atoms with van der Waals surface area (Å²) >= 11 is 0. The number of rotatable bonds is 3. The van der Waals surface area contributed by atoms with Crippen LogP contribution in [-0.4, -0.2) is 54.9 Å². The smallest absolute Gasteiger partial charge is 0.228 e. The molecule has 0 radical (unpaired) electrons. The molecule has 2 atom stereocenters. The molecule has 1 N–H and O–H groups in total. The molecule has 0 aromatic heterocycles. The third-order valence-electron chi connectivity index (χ3n) is 2.16. The van der Waals surface area contributed by atoms with Gasteiger partial charge in [-0.3, -0.25) is 4.79 Å². The molecule has 1 aliphatic heterocycles. The Bertz CT molecular complexity index is 264. The van der Waals surface area contributed by atoms with E-state index in [2.05, 4.69) is 10.0 Å². The molecular formula is C7H12N4O3. The third kappa shape index (κ3) is 2.35. The van der Waals surface area contributed by atoms with Gasteiger partial charge in [0.25, 0.3) is 0 Å². The third-order valence-corrected chi connectivity index (χ3v) is 2.16. The number of ether oxygens (including phenoxy) is 1. The Labute approximate surface area is 80.9 Å². The number of carbonyl (C=O) groups is 1. The van der Waals surface area contributed by atoms with Crippen LogP contribution < -0.4 is 0 Å². The van der Waals surface area contributed by atoms with E-state index in [4.69, 9.17) is 10.3 Å². The fourth-order valence-corrected chi connectivity index (χ4v) is 1.38. The number of azide groups is 1. The lowest BCUT2D eigenvalue weighted by Crippen LogP contribution is -2.31. The molecule has 1 fully saturated rings. The van der Waals surface area contributed by atoms with Gasteiger partial charge in [0.1, 0.15) is 12.6 Å². The summed E-state index contributed by atoms with van der Waals surface area (Å²) in [5.74, 6) is -0.290. The Morgan fingerprint density at radius 2 is 2.50 bits per heavy atom. The summed E-state index contributed by atoms with van der Waals surface area (Å²) in [5.41, 5.74) is 8.02. The number of amides is 1. The summed E-state index contributed by atoms with van der Waals surface area (Å²) in [5, 5.41) is 12.6. The van der Waals surface area contributed by atoms with Crippen molar-refractivity contribution >= 4 is 5.91 Å². The van der Waals surface area contributed by atoms with E-state index in [1.54, 1.807) is 0 Å². The van der Waals surface area contributed by atoms with Crippen molar-refractivity contribution in [2.45, 2.75) is 12.2 Å². The van der Waals surface area contributed by atoms with Crippen LogP contribution in [0.15, 0.2) is 5.11 Å². The molecule has 0 spiro atoms. The summed E-state index contributed by atoms with van der Waals surface area (Å²) in [4.78, 5) is 15.2. The molecule has 0 unspecified atom stereocenters. The number of aliphatic hydroxyl groups excluding tert-OH is 1. The van der Waals surface area contributed by atoms with Crippen molar-refractivity contribution < 1.29 is 14.6 Å². The van der Waals surface area contributed by atoms with Gasteiger partial charge in [0.05, 0.1) is 6.10 Å². The lowest BCUT2D eigenvalue weighted by Gasteiger charge is -2.13. The summed E-state index contributed by atoms with van der Waals surface area (Å²) in [6.07, 6.45) is -1.000. The zero-order valence-electron chi connectivity index (χ0n) is 7.83. The van der Waals surface area contributed by atoms with Crippen molar-refractivity contribution in [3.8, 4) is 0 Å². The van der Waals surface area contributed by atoms with E-state index < -0.39 is 6.10 Å². The molecule has 1 amide bonds. The van der Waals surface area contributed by atoms with Crippen LogP contribution in [0.2, 0.25) is 0 Å². The van der Waals surface area contributed by atoms with E-state index in [1.165, 1.54) is 12.0 Å². The minimum Gasteiger partial charge on any atom is -0.388 e. The highest BCUT2D eigenvalue weighted by Crippen LogP contribution is 2.12. The van der Waals surface area contributed by atoms with Gasteiger partial charge in [-0.15, -0.1) is 0 Å². The topological polar surface area (TPSA) is 98.5 Å². The van der Waals surface area contributed by atoms with Crippen molar-refractivity contribution in [3.63, 3.8) is 0 Å². The maximum Gasteiger partial charge on any atom is 0.228 e. The molecule has 0 saturated carbocycles. The first-order valence-corrected chi connectivity index (χ1v) is 4.18. The molecule has 1 saturated heterocycles. The maximum absolute atomic E-state index is 11.3. The van der Waals surface area contributed by atoms with Gasteiger partial charge in [-0.1, -0.05) is 5.11 Å². The number of likely N-dealkylation sites (tertiary alicyclic amines) is 1. The summed E-state index contributed by atoms with van der Waals surface area (Å²) < 4.78 is 4.96. The fraction of sp³-hybridized carbons (Fsp3) is 0.857. The molecule has 0 aromatic carbocycles. The van der Waals surface area contributed by atoms with Crippen molar-refractivity contribution in [2.24, 2.45) is 5.11 Å². The fourth-order valence-electron chi connectivity index (χ4n) is 1.38. The molecule has 1 heterocycles. The maximum atomic E-state index is 11.3. The predicted molar refractivity (Wildman–Crippen MR) is 47.4 cm³/mol. The van der Waals surface area contributed by atoms with Gasteiger partial charge in [0.2, 0.25) is 5.91 Å². The van der Waals surface area contributed by atoms with Gasteiger partial charge in [-0.05, 0) is 5.53 Å². The van der Waals surface area contributed by atoms with Crippen LogP contribution in [0.5, 0.6) is 0 Å². The first kappa shape index (κ1) is 10.8. The highest BCUT2D eigenvalue weighted by atomic mass is 16.5. The molecule has 0 bridgehead atoms. The van der Waals surface area contributed by atoms with Gasteiger partial charge in [-0.2, -0.15) is 0 Å². The summed E-state index contributed by atoms with van der Waals surface area (Å²) in [7, 11) is 1.48. The van der Waals surface area contributed by atoms with Gasteiger partial charge in [-0.25, -0.2) is 0 Å². The second kappa shape index (κ2) is 4.80. The van der Waals surface area contributed by atoms with Crippen LogP contribution in [0.3, 0.4) is 0 Å². The van der Waals surface area contributed by atoms with E-state index in [0.717, 1.165) is 0 Å². The first-order chi connectivity index (χ1) is 6.69. The van der Waals surface area contributed by atoms with E-state index in [1.807, 2.05) is 0 Å². The number of hydrogen-bond acceptors (Lipinski definition) is 4.